The molecular formula is C23H25N3O5S2. The average Bonchev–Trinajstić information content (AvgIpc) is 3.35. The molecule has 2 aromatic carbocycles. The molecule has 1 aromatic heterocycles. The van der Waals surface area contributed by atoms with Gasteiger partial charge in [-0.1, -0.05) is 36.4 Å². The number of methoxy groups -OCH3 is 1. The Morgan fingerprint density at radius 3 is 2.45 bits per heavy atom. The lowest BCUT2D eigenvalue weighted by atomic mass is 10.0. The maximum absolute atomic E-state index is 13.1. The molecule has 0 aliphatic rings. The zero-order valence-corrected chi connectivity index (χ0v) is 19.8. The number of sulfonamides is 1. The van der Waals surface area contributed by atoms with Crippen LogP contribution in [0.3, 0.4) is 0 Å². The Labute approximate surface area is 197 Å². The lowest BCUT2D eigenvalue weighted by Crippen LogP contribution is -2.45. The van der Waals surface area contributed by atoms with Crippen LogP contribution in [0, 0.1) is 0 Å². The minimum Gasteiger partial charge on any atom is -0.494 e. The molecule has 0 saturated carbocycles. The van der Waals surface area contributed by atoms with Crippen LogP contribution in [0.25, 0.3) is 0 Å². The lowest BCUT2D eigenvalue weighted by molar-refractivity contribution is -0.118. The van der Waals surface area contributed by atoms with E-state index in [1.165, 1.54) is 37.5 Å². The fourth-order valence-corrected chi connectivity index (χ4v) is 4.29. The Morgan fingerprint density at radius 2 is 1.82 bits per heavy atom. The average molecular weight is 488 g/mol. The van der Waals surface area contributed by atoms with Gasteiger partial charge in [0, 0.05) is 18.2 Å². The third-order valence-corrected chi connectivity index (χ3v) is 6.92. The van der Waals surface area contributed by atoms with Gasteiger partial charge in [0.1, 0.15) is 11.8 Å². The number of carbonyl (C=O) groups is 2. The van der Waals surface area contributed by atoms with Gasteiger partial charge in [-0.15, -0.1) is 11.3 Å². The van der Waals surface area contributed by atoms with Crippen LogP contribution in [0.1, 0.15) is 22.2 Å². The molecule has 1 atom stereocenters. The highest BCUT2D eigenvalue weighted by molar-refractivity contribution is 7.92. The molecular weight excluding hydrogens is 462 g/mol. The van der Waals surface area contributed by atoms with Crippen molar-refractivity contribution in [3.63, 3.8) is 0 Å². The van der Waals surface area contributed by atoms with Gasteiger partial charge in [0.2, 0.25) is 15.9 Å². The third kappa shape index (κ3) is 6.80. The number of benzene rings is 2. The summed E-state index contributed by atoms with van der Waals surface area (Å²) in [5, 5.41) is 7.38. The number of thiophene rings is 1. The van der Waals surface area contributed by atoms with Gasteiger partial charge in [0.15, 0.2) is 0 Å². The van der Waals surface area contributed by atoms with E-state index in [0.29, 0.717) is 17.0 Å². The van der Waals surface area contributed by atoms with E-state index in [4.69, 9.17) is 4.74 Å². The molecule has 3 N–H and O–H groups in total. The van der Waals surface area contributed by atoms with Gasteiger partial charge in [0.05, 0.1) is 23.4 Å². The number of anilines is 2. The van der Waals surface area contributed by atoms with Crippen LogP contribution in [0.5, 0.6) is 5.75 Å². The number of ether oxygens (including phenoxy) is 1. The van der Waals surface area contributed by atoms with E-state index in [0.717, 1.165) is 5.56 Å². The van der Waals surface area contributed by atoms with Crippen molar-refractivity contribution < 1.29 is 22.7 Å². The van der Waals surface area contributed by atoms with Crippen LogP contribution >= 0.6 is 11.3 Å². The van der Waals surface area contributed by atoms with E-state index >= 15 is 0 Å². The molecule has 3 aromatic rings. The number of carbonyl (C=O) groups excluding carboxylic acids is 2. The highest BCUT2D eigenvalue weighted by Gasteiger charge is 2.23. The van der Waals surface area contributed by atoms with Crippen LogP contribution < -0.4 is 20.1 Å². The molecule has 8 nitrogen and oxygen atoms in total. The van der Waals surface area contributed by atoms with E-state index in [1.807, 2.05) is 30.3 Å². The van der Waals surface area contributed by atoms with Crippen molar-refractivity contribution >= 4 is 44.5 Å². The van der Waals surface area contributed by atoms with Crippen molar-refractivity contribution in [1.82, 2.24) is 5.32 Å². The second kappa shape index (κ2) is 11.0. The summed E-state index contributed by atoms with van der Waals surface area (Å²) in [6.45, 7) is 1.53. The summed E-state index contributed by atoms with van der Waals surface area (Å²) in [5.41, 5.74) is 1.56. The predicted octanol–water partition coefficient (Wildman–Crippen LogP) is 3.50. The molecule has 0 unspecified atom stereocenters. The molecule has 0 bridgehead atoms. The number of rotatable bonds is 10. The standard InChI is InChI=1S/C23H25N3O5S2/c1-3-33(29,30)26-18-12-11-17(15-20(18)31-2)24-22(27)19(14-16-8-5-4-6-9-16)25-23(28)21-10-7-13-32-21/h4-13,15,19,26H,3,14H2,1-2H3,(H,24,27)(H,25,28)/t19-/m1/s1. The minimum absolute atomic E-state index is 0.0836. The quantitative estimate of drug-likeness (QED) is 0.405. The first kappa shape index (κ1) is 24.3. The summed E-state index contributed by atoms with van der Waals surface area (Å²) in [6.07, 6.45) is 0.301. The molecule has 3 rings (SSSR count). The number of amides is 2. The normalized spacial score (nSPS) is 11.9. The van der Waals surface area contributed by atoms with Crippen LogP contribution in [0.15, 0.2) is 66.0 Å². The summed E-state index contributed by atoms with van der Waals surface area (Å²) in [4.78, 5) is 26.2. The molecule has 2 amide bonds. The van der Waals surface area contributed by atoms with E-state index < -0.39 is 22.0 Å². The molecule has 174 valence electrons. The Hall–Kier alpha value is -3.37. The van der Waals surface area contributed by atoms with E-state index in [9.17, 15) is 18.0 Å². The van der Waals surface area contributed by atoms with Gasteiger partial charge < -0.3 is 15.4 Å². The molecule has 33 heavy (non-hydrogen) atoms. The van der Waals surface area contributed by atoms with Gasteiger partial charge in [-0.3, -0.25) is 14.3 Å². The van der Waals surface area contributed by atoms with Crippen molar-refractivity contribution in [1.29, 1.82) is 0 Å². The van der Waals surface area contributed by atoms with Crippen LogP contribution in [-0.2, 0) is 21.2 Å². The van der Waals surface area contributed by atoms with Crippen molar-refractivity contribution in [3.05, 3.63) is 76.5 Å². The van der Waals surface area contributed by atoms with Gasteiger partial charge >= 0.3 is 0 Å². The minimum atomic E-state index is -3.49. The van der Waals surface area contributed by atoms with Crippen molar-refractivity contribution in [2.75, 3.05) is 22.9 Å². The van der Waals surface area contributed by atoms with Crippen molar-refractivity contribution in [3.8, 4) is 5.75 Å². The number of hydrogen-bond donors (Lipinski definition) is 3. The second-order valence-electron chi connectivity index (χ2n) is 7.10. The third-order valence-electron chi connectivity index (χ3n) is 4.76. The van der Waals surface area contributed by atoms with Gasteiger partial charge in [-0.05, 0) is 36.1 Å². The highest BCUT2D eigenvalue weighted by Crippen LogP contribution is 2.29. The second-order valence-corrected chi connectivity index (χ2v) is 10.1. The van der Waals surface area contributed by atoms with Gasteiger partial charge in [-0.25, -0.2) is 8.42 Å². The van der Waals surface area contributed by atoms with Crippen LogP contribution in [0.2, 0.25) is 0 Å². The zero-order valence-electron chi connectivity index (χ0n) is 18.2. The van der Waals surface area contributed by atoms with Crippen LogP contribution in [0.4, 0.5) is 11.4 Å². The topological polar surface area (TPSA) is 114 Å². The first-order valence-corrected chi connectivity index (χ1v) is 12.7. The Kier molecular flexibility index (Phi) is 8.07. The summed E-state index contributed by atoms with van der Waals surface area (Å²) < 4.78 is 31.5. The van der Waals surface area contributed by atoms with E-state index in [-0.39, 0.29) is 23.1 Å². The highest BCUT2D eigenvalue weighted by atomic mass is 32.2. The van der Waals surface area contributed by atoms with Gasteiger partial charge in [-0.2, -0.15) is 0 Å². The number of hydrogen-bond acceptors (Lipinski definition) is 6. The Bertz CT molecular complexity index is 1200. The summed E-state index contributed by atoms with van der Waals surface area (Å²) in [6, 6.07) is 16.6. The number of nitrogens with one attached hydrogen (secondary N) is 3. The molecule has 0 radical (unpaired) electrons. The smallest absolute Gasteiger partial charge is 0.262 e. The molecule has 0 spiro atoms. The van der Waals surface area contributed by atoms with Crippen molar-refractivity contribution in [2.24, 2.45) is 0 Å². The lowest BCUT2D eigenvalue weighted by Gasteiger charge is -2.19. The molecule has 10 heteroatoms. The maximum atomic E-state index is 13.1. The van der Waals surface area contributed by atoms with Gasteiger partial charge in [0.25, 0.3) is 5.91 Å². The molecule has 0 aliphatic heterocycles. The van der Waals surface area contributed by atoms with E-state index in [1.54, 1.807) is 23.6 Å². The Balaban J connectivity index is 1.79. The molecule has 1 heterocycles. The maximum Gasteiger partial charge on any atom is 0.262 e. The fourth-order valence-electron chi connectivity index (χ4n) is 3.02. The largest absolute Gasteiger partial charge is 0.494 e. The molecule has 0 fully saturated rings. The summed E-state index contributed by atoms with van der Waals surface area (Å²) >= 11 is 1.29. The van der Waals surface area contributed by atoms with E-state index in [2.05, 4.69) is 15.4 Å². The zero-order chi connectivity index (χ0) is 23.8. The fraction of sp³-hybridized carbons (Fsp3) is 0.217. The molecule has 0 saturated heterocycles. The Morgan fingerprint density at radius 1 is 1.06 bits per heavy atom. The summed E-state index contributed by atoms with van der Waals surface area (Å²) in [7, 11) is -2.08. The monoisotopic (exact) mass is 487 g/mol. The van der Waals surface area contributed by atoms with Crippen molar-refractivity contribution in [2.45, 2.75) is 19.4 Å². The first-order valence-electron chi connectivity index (χ1n) is 10.2. The molecule has 0 aliphatic carbocycles. The summed E-state index contributed by atoms with van der Waals surface area (Å²) in [5.74, 6) is -0.567. The first-order chi connectivity index (χ1) is 15.8. The SMILES string of the molecule is CCS(=O)(=O)Nc1ccc(NC(=O)[C@@H](Cc2ccccc2)NC(=O)c2cccs2)cc1OC. The predicted molar refractivity (Wildman–Crippen MR) is 130 cm³/mol. The van der Waals surface area contributed by atoms with Crippen LogP contribution in [-0.4, -0.2) is 39.1 Å².